The van der Waals surface area contributed by atoms with Crippen LogP contribution in [0.5, 0.6) is 0 Å². The van der Waals surface area contributed by atoms with E-state index in [1.165, 1.54) is 33.8 Å². The smallest absolute Gasteiger partial charge is 0.290 e. The number of aryl methyl sites for hydroxylation is 4. The van der Waals surface area contributed by atoms with E-state index in [0.29, 0.717) is 57.2 Å². The Labute approximate surface area is 237 Å². The Bertz CT molecular complexity index is 2100. The first-order valence-electron chi connectivity index (χ1n) is 13.2. The molecule has 0 radical (unpaired) electrons. The number of nitrogens with zero attached hydrogens (tertiary/aromatic N) is 5. The number of benzene rings is 2. The van der Waals surface area contributed by atoms with Crippen LogP contribution in [0.2, 0.25) is 0 Å². The van der Waals surface area contributed by atoms with Gasteiger partial charge in [0.15, 0.2) is 5.69 Å². The van der Waals surface area contributed by atoms with Crippen LogP contribution in [0.3, 0.4) is 0 Å². The Morgan fingerprint density at radius 2 is 1.83 bits per heavy atom. The average Bonchev–Trinajstić information content (AvgIpc) is 3.67. The minimum absolute atomic E-state index is 0.0562. The molecule has 0 atom stereocenters. The van der Waals surface area contributed by atoms with E-state index in [9.17, 15) is 18.8 Å². The molecule has 212 valence electrons. The van der Waals surface area contributed by atoms with Crippen molar-refractivity contribution in [3.05, 3.63) is 105 Å². The molecule has 0 saturated heterocycles. The second-order valence-electron chi connectivity index (χ2n) is 9.80. The van der Waals surface area contributed by atoms with E-state index in [4.69, 9.17) is 4.52 Å². The average molecular weight is 568 g/mol. The molecule has 0 unspecified atom stereocenters. The fourth-order valence-corrected chi connectivity index (χ4v) is 5.21. The highest BCUT2D eigenvalue weighted by atomic mass is 19.1. The third-order valence-corrected chi connectivity index (χ3v) is 7.06. The van der Waals surface area contributed by atoms with Crippen molar-refractivity contribution in [2.45, 2.75) is 27.3 Å². The van der Waals surface area contributed by atoms with Gasteiger partial charge in [-0.05, 0) is 62.7 Å². The number of imidazole rings is 1. The van der Waals surface area contributed by atoms with Crippen LogP contribution < -0.4 is 16.4 Å². The first-order chi connectivity index (χ1) is 20.2. The lowest BCUT2D eigenvalue weighted by Crippen LogP contribution is -2.21. The third kappa shape index (κ3) is 4.33. The first-order valence-corrected chi connectivity index (χ1v) is 13.2. The fraction of sp³-hybridized carbons (Fsp3) is 0.167. The monoisotopic (exact) mass is 567 g/mol. The van der Waals surface area contributed by atoms with Crippen LogP contribution in [0.15, 0.2) is 75.0 Å². The van der Waals surface area contributed by atoms with Gasteiger partial charge in [-0.3, -0.25) is 19.1 Å². The molecule has 11 nitrogen and oxygen atoms in total. The Hall–Kier alpha value is -5.52. The zero-order valence-electron chi connectivity index (χ0n) is 23.2. The number of nitrogens with one attached hydrogen (secondary N) is 2. The summed E-state index contributed by atoms with van der Waals surface area (Å²) in [6, 6.07) is 12.8. The zero-order valence-corrected chi connectivity index (χ0v) is 23.2. The topological polar surface area (TPSA) is 133 Å². The number of carbonyl (C=O) groups excluding carboxylic acids is 1. The van der Waals surface area contributed by atoms with Gasteiger partial charge in [-0.15, -0.1) is 0 Å². The number of anilines is 1. The largest absolute Gasteiger partial charge is 0.381 e. The van der Waals surface area contributed by atoms with Gasteiger partial charge < -0.3 is 14.8 Å². The van der Waals surface area contributed by atoms with Crippen LogP contribution in [0.25, 0.3) is 39.1 Å². The lowest BCUT2D eigenvalue weighted by Gasteiger charge is -2.13. The highest BCUT2D eigenvalue weighted by molar-refractivity contribution is 6.10. The number of carbonyl (C=O) groups is 1. The number of aromatic amines is 1. The van der Waals surface area contributed by atoms with E-state index in [2.05, 4.69) is 20.3 Å². The summed E-state index contributed by atoms with van der Waals surface area (Å²) in [6.07, 6.45) is 3.09. The van der Waals surface area contributed by atoms with Gasteiger partial charge in [0.2, 0.25) is 0 Å². The van der Waals surface area contributed by atoms with Gasteiger partial charge in [0.05, 0.1) is 22.2 Å². The summed E-state index contributed by atoms with van der Waals surface area (Å²) >= 11 is 0. The van der Waals surface area contributed by atoms with Crippen LogP contribution in [-0.2, 0) is 13.6 Å². The lowest BCUT2D eigenvalue weighted by molar-refractivity contribution is 0.102. The van der Waals surface area contributed by atoms with Gasteiger partial charge in [0, 0.05) is 37.4 Å². The molecule has 0 fully saturated rings. The summed E-state index contributed by atoms with van der Waals surface area (Å²) < 4.78 is 24.2. The molecule has 2 N–H and O–H groups in total. The van der Waals surface area contributed by atoms with Gasteiger partial charge in [-0.1, -0.05) is 12.1 Å². The SMILES string of the molecule is CCn1c2c(C(=O)Nc3ccc(F)c(-c4ncc[nH]4)c3)nc(C)cc2c(=O)n1-c1ccc(-c2c(C)on(C)c2=O)cc1. The Kier molecular flexibility index (Phi) is 6.45. The predicted molar refractivity (Wildman–Crippen MR) is 155 cm³/mol. The summed E-state index contributed by atoms with van der Waals surface area (Å²) in [7, 11) is 1.55. The van der Waals surface area contributed by atoms with Gasteiger partial charge in [-0.25, -0.2) is 19.0 Å². The van der Waals surface area contributed by atoms with Crippen LogP contribution in [0.1, 0.15) is 28.9 Å². The molecule has 6 aromatic rings. The molecule has 0 aliphatic heterocycles. The molecule has 2 aromatic carbocycles. The molecular formula is C30H26FN7O4. The predicted octanol–water partition coefficient (Wildman–Crippen LogP) is 4.56. The van der Waals surface area contributed by atoms with Crippen LogP contribution in [0, 0.1) is 19.7 Å². The number of fused-ring (bicyclic) bond motifs is 1. The van der Waals surface area contributed by atoms with Gasteiger partial charge in [0.1, 0.15) is 22.9 Å². The van der Waals surface area contributed by atoms with Crippen molar-refractivity contribution in [1.82, 2.24) is 29.1 Å². The summed E-state index contributed by atoms with van der Waals surface area (Å²) in [5, 5.41) is 3.12. The normalized spacial score (nSPS) is 11.4. The second-order valence-corrected chi connectivity index (χ2v) is 9.80. The lowest BCUT2D eigenvalue weighted by atomic mass is 10.1. The van der Waals surface area contributed by atoms with Crippen molar-refractivity contribution in [2.75, 3.05) is 5.32 Å². The maximum Gasteiger partial charge on any atom is 0.290 e. The zero-order chi connectivity index (χ0) is 29.7. The number of rotatable bonds is 6. The molecule has 0 saturated carbocycles. The molecule has 1 amide bonds. The van der Waals surface area contributed by atoms with E-state index in [1.807, 2.05) is 6.92 Å². The highest BCUT2D eigenvalue weighted by Gasteiger charge is 2.23. The number of halogens is 1. The van der Waals surface area contributed by atoms with Crippen molar-refractivity contribution in [3.8, 4) is 28.2 Å². The van der Waals surface area contributed by atoms with Crippen molar-refractivity contribution in [3.63, 3.8) is 0 Å². The molecule has 0 aliphatic carbocycles. The van der Waals surface area contributed by atoms with E-state index < -0.39 is 11.7 Å². The van der Waals surface area contributed by atoms with Crippen molar-refractivity contribution in [1.29, 1.82) is 0 Å². The molecule has 0 aliphatic rings. The maximum atomic E-state index is 14.5. The van der Waals surface area contributed by atoms with Gasteiger partial charge in [0.25, 0.3) is 17.0 Å². The molecular weight excluding hydrogens is 541 g/mol. The van der Waals surface area contributed by atoms with Gasteiger partial charge >= 0.3 is 0 Å². The van der Waals surface area contributed by atoms with Crippen LogP contribution in [0.4, 0.5) is 10.1 Å². The summed E-state index contributed by atoms with van der Waals surface area (Å²) in [5.74, 6) is -0.234. The quantitative estimate of drug-likeness (QED) is 0.303. The summed E-state index contributed by atoms with van der Waals surface area (Å²) in [4.78, 5) is 51.3. The van der Waals surface area contributed by atoms with Crippen molar-refractivity contribution >= 4 is 22.5 Å². The molecule has 4 aromatic heterocycles. The van der Waals surface area contributed by atoms with Crippen molar-refractivity contribution in [2.24, 2.45) is 7.05 Å². The van der Waals surface area contributed by atoms with E-state index in [0.717, 1.165) is 0 Å². The van der Waals surface area contributed by atoms with Crippen molar-refractivity contribution < 1.29 is 13.7 Å². The molecule has 12 heteroatoms. The standard InChI is InChI=1S/C30H26FN7O4/c1-5-37-26-22(29(40)38(37)20-9-6-18(7-10-20)24-17(3)42-36(4)30(24)41)14-16(2)34-25(26)28(39)35-19-8-11-23(31)21(15-19)27-32-12-13-33-27/h6-15H,5H2,1-4H3,(H,32,33)(H,35,39). The summed E-state index contributed by atoms with van der Waals surface area (Å²) in [6.45, 7) is 5.64. The number of pyridine rings is 1. The fourth-order valence-electron chi connectivity index (χ4n) is 5.21. The summed E-state index contributed by atoms with van der Waals surface area (Å²) in [5.41, 5.74) is 2.52. The Morgan fingerprint density at radius 3 is 2.48 bits per heavy atom. The molecule has 0 bridgehead atoms. The van der Waals surface area contributed by atoms with Crippen LogP contribution >= 0.6 is 0 Å². The van der Waals surface area contributed by atoms with E-state index in [-0.39, 0.29) is 22.4 Å². The molecule has 6 rings (SSSR count). The maximum absolute atomic E-state index is 14.5. The van der Waals surface area contributed by atoms with Gasteiger partial charge in [-0.2, -0.15) is 4.74 Å². The molecule has 42 heavy (non-hydrogen) atoms. The van der Waals surface area contributed by atoms with Crippen LogP contribution in [-0.4, -0.2) is 35.0 Å². The highest BCUT2D eigenvalue weighted by Crippen LogP contribution is 2.26. The minimum Gasteiger partial charge on any atom is -0.381 e. The number of H-pyrrole nitrogens is 1. The van der Waals surface area contributed by atoms with E-state index >= 15 is 0 Å². The number of hydrogen-bond acceptors (Lipinski definition) is 6. The van der Waals surface area contributed by atoms with E-state index in [1.54, 1.807) is 62.1 Å². The second kappa shape index (κ2) is 10.1. The number of amides is 1. The minimum atomic E-state index is -0.554. The Morgan fingerprint density at radius 1 is 1.07 bits per heavy atom. The molecule has 4 heterocycles. The first kappa shape index (κ1) is 26.7. The Balaban J connectivity index is 1.43. The molecule has 0 spiro atoms. The third-order valence-electron chi connectivity index (χ3n) is 7.06. The number of aromatic nitrogens is 6. The number of hydrogen-bond donors (Lipinski definition) is 2.